The van der Waals surface area contributed by atoms with Gasteiger partial charge in [-0.3, -0.25) is 4.79 Å². The number of carbonyl (C=O) groups is 1. The molecule has 1 fully saturated rings. The first-order valence-corrected chi connectivity index (χ1v) is 7.35. The molecule has 0 unspecified atom stereocenters. The molecular formula is C15H16OS. The van der Waals surface area contributed by atoms with Crippen LogP contribution in [0.15, 0.2) is 42.5 Å². The summed E-state index contributed by atoms with van der Waals surface area (Å²) >= 11 is 1.39. The molecule has 4 atom stereocenters. The van der Waals surface area contributed by atoms with Gasteiger partial charge in [0.05, 0.1) is 0 Å². The fraction of sp³-hybridized carbons (Fsp3) is 0.400. The van der Waals surface area contributed by atoms with Crippen LogP contribution in [0.4, 0.5) is 0 Å². The van der Waals surface area contributed by atoms with Crippen LogP contribution in [0.3, 0.4) is 0 Å². The maximum atomic E-state index is 12.1. The van der Waals surface area contributed by atoms with E-state index in [0.717, 1.165) is 6.42 Å². The predicted molar refractivity (Wildman–Crippen MR) is 71.9 cm³/mol. The number of thioether (sulfide) groups is 1. The average Bonchev–Trinajstić information content (AvgIpc) is 2.99. The van der Waals surface area contributed by atoms with E-state index in [0.29, 0.717) is 22.9 Å². The van der Waals surface area contributed by atoms with Crippen molar-refractivity contribution in [3.63, 3.8) is 0 Å². The molecule has 0 heterocycles. The Balaban J connectivity index is 1.97. The lowest BCUT2D eigenvalue weighted by molar-refractivity contribution is -0.115. The van der Waals surface area contributed by atoms with E-state index in [1.165, 1.54) is 17.3 Å². The zero-order chi connectivity index (χ0) is 11.8. The summed E-state index contributed by atoms with van der Waals surface area (Å²) < 4.78 is 0. The Morgan fingerprint density at radius 2 is 1.88 bits per heavy atom. The third-order valence-corrected chi connectivity index (χ3v) is 4.79. The summed E-state index contributed by atoms with van der Waals surface area (Å²) in [5, 5.41) is 0.357. The molecule has 0 radical (unpaired) electrons. The van der Waals surface area contributed by atoms with Crippen LogP contribution in [-0.4, -0.2) is 11.4 Å². The lowest BCUT2D eigenvalue weighted by Crippen LogP contribution is -2.24. The van der Waals surface area contributed by atoms with Crippen molar-refractivity contribution < 1.29 is 4.79 Å². The fourth-order valence-corrected chi connectivity index (χ4v) is 4.00. The van der Waals surface area contributed by atoms with E-state index in [-0.39, 0.29) is 5.92 Å². The normalized spacial score (nSPS) is 34.2. The standard InChI is InChI=1S/C15H16OS/c1-17-15(16)14-12-8-7-11(9-12)13(14)10-5-3-2-4-6-10/h2-8,11-14H,9H2,1H3/t11-,12+,13+,14+/m0/s1. The largest absolute Gasteiger partial charge is 0.287 e. The zero-order valence-corrected chi connectivity index (χ0v) is 10.7. The van der Waals surface area contributed by atoms with Crippen molar-refractivity contribution in [2.24, 2.45) is 17.8 Å². The van der Waals surface area contributed by atoms with Gasteiger partial charge in [-0.1, -0.05) is 54.2 Å². The predicted octanol–water partition coefficient (Wildman–Crippen LogP) is 3.48. The van der Waals surface area contributed by atoms with Gasteiger partial charge in [-0.05, 0) is 30.1 Å². The van der Waals surface area contributed by atoms with Gasteiger partial charge in [-0.15, -0.1) is 0 Å². The second-order valence-corrected chi connectivity index (χ2v) is 5.74. The first kappa shape index (κ1) is 11.1. The molecule has 1 aromatic rings. The van der Waals surface area contributed by atoms with Crippen molar-refractivity contribution in [3.05, 3.63) is 48.0 Å². The van der Waals surface area contributed by atoms with Gasteiger partial charge in [0.15, 0.2) is 5.12 Å². The quantitative estimate of drug-likeness (QED) is 0.741. The van der Waals surface area contributed by atoms with Crippen LogP contribution >= 0.6 is 11.8 Å². The highest BCUT2D eigenvalue weighted by molar-refractivity contribution is 8.13. The van der Waals surface area contributed by atoms with Crippen LogP contribution < -0.4 is 0 Å². The van der Waals surface area contributed by atoms with Gasteiger partial charge in [0.2, 0.25) is 0 Å². The highest BCUT2D eigenvalue weighted by Crippen LogP contribution is 2.54. The zero-order valence-electron chi connectivity index (χ0n) is 9.87. The van der Waals surface area contributed by atoms with Crippen LogP contribution in [0.25, 0.3) is 0 Å². The fourth-order valence-electron chi connectivity index (χ4n) is 3.41. The van der Waals surface area contributed by atoms with E-state index in [9.17, 15) is 4.79 Å². The Labute approximate surface area is 106 Å². The Hall–Kier alpha value is -1.02. The number of hydrogen-bond acceptors (Lipinski definition) is 2. The summed E-state index contributed by atoms with van der Waals surface area (Å²) in [4.78, 5) is 12.1. The Morgan fingerprint density at radius 3 is 2.59 bits per heavy atom. The van der Waals surface area contributed by atoms with Gasteiger partial charge in [0, 0.05) is 11.8 Å². The number of carbonyl (C=O) groups excluding carboxylic acids is 1. The molecule has 0 amide bonds. The topological polar surface area (TPSA) is 17.1 Å². The molecule has 1 aromatic carbocycles. The SMILES string of the molecule is CSC(=O)[C@H]1[C@H](c2ccccc2)[C@H]2C=C[C@@H]1C2. The lowest BCUT2D eigenvalue weighted by Gasteiger charge is -2.26. The lowest BCUT2D eigenvalue weighted by atomic mass is 9.79. The molecule has 0 aromatic heterocycles. The maximum Gasteiger partial charge on any atom is 0.192 e. The summed E-state index contributed by atoms with van der Waals surface area (Å²) in [6.07, 6.45) is 7.63. The number of benzene rings is 1. The molecule has 0 spiro atoms. The van der Waals surface area contributed by atoms with Gasteiger partial charge in [0.25, 0.3) is 0 Å². The maximum absolute atomic E-state index is 12.1. The molecule has 0 N–H and O–H groups in total. The molecule has 2 aliphatic carbocycles. The van der Waals surface area contributed by atoms with Crippen LogP contribution in [0, 0.1) is 17.8 Å². The summed E-state index contributed by atoms with van der Waals surface area (Å²) in [7, 11) is 0. The van der Waals surface area contributed by atoms with E-state index in [4.69, 9.17) is 0 Å². The molecule has 2 heteroatoms. The van der Waals surface area contributed by atoms with E-state index < -0.39 is 0 Å². The minimum Gasteiger partial charge on any atom is -0.287 e. The van der Waals surface area contributed by atoms with Crippen molar-refractivity contribution in [1.29, 1.82) is 0 Å². The minimum absolute atomic E-state index is 0.197. The minimum atomic E-state index is 0.197. The van der Waals surface area contributed by atoms with Crippen LogP contribution in [0.2, 0.25) is 0 Å². The van der Waals surface area contributed by atoms with Crippen molar-refractivity contribution in [3.8, 4) is 0 Å². The highest BCUT2D eigenvalue weighted by Gasteiger charge is 2.48. The summed E-state index contributed by atoms with van der Waals surface area (Å²) in [5.41, 5.74) is 1.33. The Kier molecular flexibility index (Phi) is 2.83. The van der Waals surface area contributed by atoms with Gasteiger partial charge >= 0.3 is 0 Å². The number of allylic oxidation sites excluding steroid dienone is 2. The average molecular weight is 244 g/mol. The van der Waals surface area contributed by atoms with Crippen LogP contribution in [0.5, 0.6) is 0 Å². The number of hydrogen-bond donors (Lipinski definition) is 0. The first-order chi connectivity index (χ1) is 8.31. The summed E-state index contributed by atoms with van der Waals surface area (Å²) in [6.45, 7) is 0. The smallest absolute Gasteiger partial charge is 0.192 e. The molecule has 2 aliphatic rings. The second kappa shape index (κ2) is 4.34. The van der Waals surface area contributed by atoms with Gasteiger partial charge < -0.3 is 0 Å². The van der Waals surface area contributed by atoms with Crippen molar-refractivity contribution in [2.75, 3.05) is 6.26 Å². The molecule has 1 nitrogen and oxygen atoms in total. The van der Waals surface area contributed by atoms with Gasteiger partial charge in [-0.2, -0.15) is 0 Å². The molecule has 2 bridgehead atoms. The van der Waals surface area contributed by atoms with E-state index >= 15 is 0 Å². The first-order valence-electron chi connectivity index (χ1n) is 6.12. The van der Waals surface area contributed by atoms with Gasteiger partial charge in [0.1, 0.15) is 0 Å². The molecule has 0 saturated heterocycles. The van der Waals surface area contributed by atoms with Crippen LogP contribution in [-0.2, 0) is 4.79 Å². The molecule has 88 valence electrons. The Bertz CT molecular complexity index is 451. The highest BCUT2D eigenvalue weighted by atomic mass is 32.2. The number of fused-ring (bicyclic) bond motifs is 2. The molecule has 1 saturated carbocycles. The van der Waals surface area contributed by atoms with Gasteiger partial charge in [-0.25, -0.2) is 0 Å². The number of rotatable bonds is 2. The molecular weight excluding hydrogens is 228 g/mol. The third-order valence-electron chi connectivity index (χ3n) is 4.12. The van der Waals surface area contributed by atoms with Crippen molar-refractivity contribution >= 4 is 16.9 Å². The Morgan fingerprint density at radius 1 is 1.18 bits per heavy atom. The van der Waals surface area contributed by atoms with E-state index in [2.05, 4.69) is 36.4 Å². The summed E-state index contributed by atoms with van der Waals surface area (Å²) in [6, 6.07) is 10.5. The van der Waals surface area contributed by atoms with E-state index in [1.54, 1.807) is 0 Å². The molecule has 3 rings (SSSR count). The molecule has 17 heavy (non-hydrogen) atoms. The van der Waals surface area contributed by atoms with Crippen molar-refractivity contribution in [2.45, 2.75) is 12.3 Å². The molecule has 0 aliphatic heterocycles. The van der Waals surface area contributed by atoms with E-state index in [1.807, 2.05) is 12.3 Å². The second-order valence-electron chi connectivity index (χ2n) is 4.93. The monoisotopic (exact) mass is 244 g/mol. The van der Waals surface area contributed by atoms with Crippen LogP contribution in [0.1, 0.15) is 17.9 Å². The van der Waals surface area contributed by atoms with Crippen molar-refractivity contribution in [1.82, 2.24) is 0 Å². The summed E-state index contributed by atoms with van der Waals surface area (Å²) in [5.74, 6) is 1.65. The third kappa shape index (κ3) is 1.75.